The SMILES string of the molecule is CCC1(n2c(=O)c3c(C)c(CNNC(C)(C)C)sc3n(CCC(F)(F)F)c2=O)CC1. The van der Waals surface area contributed by atoms with Gasteiger partial charge in [-0.2, -0.15) is 13.2 Å². The Kier molecular flexibility index (Phi) is 5.98. The maximum atomic E-state index is 13.3. The van der Waals surface area contributed by atoms with E-state index in [2.05, 4.69) is 10.9 Å². The van der Waals surface area contributed by atoms with Gasteiger partial charge < -0.3 is 0 Å². The van der Waals surface area contributed by atoms with Gasteiger partial charge in [0.05, 0.1) is 17.3 Å². The van der Waals surface area contributed by atoms with E-state index in [1.54, 1.807) is 6.92 Å². The highest BCUT2D eigenvalue weighted by Crippen LogP contribution is 2.45. The van der Waals surface area contributed by atoms with Crippen LogP contribution in [0.2, 0.25) is 0 Å². The standard InChI is InChI=1S/C20H29F3N4O2S/c1-6-19(7-8-19)27-15(28)14-12(2)13(11-24-25-18(3,4)5)30-16(14)26(17(27)29)10-9-20(21,22)23/h24-25H,6-11H2,1-5H3. The van der Waals surface area contributed by atoms with E-state index < -0.39 is 30.4 Å². The molecule has 1 aliphatic carbocycles. The van der Waals surface area contributed by atoms with Crippen molar-refractivity contribution in [2.75, 3.05) is 0 Å². The fourth-order valence-corrected chi connectivity index (χ4v) is 4.94. The minimum Gasteiger partial charge on any atom is -0.284 e. The number of hydrogen-bond donors (Lipinski definition) is 2. The number of nitrogens with zero attached hydrogens (tertiary/aromatic N) is 2. The van der Waals surface area contributed by atoms with Crippen LogP contribution in [0.15, 0.2) is 9.59 Å². The fraction of sp³-hybridized carbons (Fsp3) is 0.700. The van der Waals surface area contributed by atoms with Gasteiger partial charge in [-0.3, -0.25) is 24.8 Å². The predicted octanol–water partition coefficient (Wildman–Crippen LogP) is 3.78. The van der Waals surface area contributed by atoms with E-state index in [0.29, 0.717) is 41.6 Å². The number of aromatic nitrogens is 2. The summed E-state index contributed by atoms with van der Waals surface area (Å²) in [7, 11) is 0. The number of fused-ring (bicyclic) bond motifs is 1. The van der Waals surface area contributed by atoms with E-state index in [4.69, 9.17) is 0 Å². The second-order valence-electron chi connectivity index (χ2n) is 9.08. The lowest BCUT2D eigenvalue weighted by atomic mass is 10.1. The van der Waals surface area contributed by atoms with Crippen molar-refractivity contribution in [2.45, 2.75) is 90.6 Å². The third-order valence-corrected chi connectivity index (χ3v) is 6.92. The first-order chi connectivity index (χ1) is 13.8. The summed E-state index contributed by atoms with van der Waals surface area (Å²) in [5.41, 5.74) is 5.19. The van der Waals surface area contributed by atoms with E-state index in [9.17, 15) is 22.8 Å². The number of aryl methyl sites for hydroxylation is 2. The van der Waals surface area contributed by atoms with Gasteiger partial charge in [-0.25, -0.2) is 4.79 Å². The smallest absolute Gasteiger partial charge is 0.284 e. The van der Waals surface area contributed by atoms with E-state index in [1.165, 1.54) is 15.9 Å². The van der Waals surface area contributed by atoms with Crippen molar-refractivity contribution in [3.8, 4) is 0 Å². The molecular formula is C20H29F3N4O2S. The monoisotopic (exact) mass is 446 g/mol. The first-order valence-corrected chi connectivity index (χ1v) is 11.0. The van der Waals surface area contributed by atoms with Gasteiger partial charge in [0.1, 0.15) is 4.83 Å². The number of halogens is 3. The molecule has 0 amide bonds. The third-order valence-electron chi connectivity index (χ3n) is 5.60. The largest absolute Gasteiger partial charge is 0.390 e. The number of hydrogen-bond acceptors (Lipinski definition) is 5. The molecule has 0 bridgehead atoms. The van der Waals surface area contributed by atoms with Crippen LogP contribution in [0.3, 0.4) is 0 Å². The summed E-state index contributed by atoms with van der Waals surface area (Å²) in [6, 6.07) is 0. The maximum Gasteiger partial charge on any atom is 0.390 e. The van der Waals surface area contributed by atoms with Crippen molar-refractivity contribution < 1.29 is 13.2 Å². The van der Waals surface area contributed by atoms with Crippen molar-refractivity contribution in [3.63, 3.8) is 0 Å². The average Bonchev–Trinajstić information content (AvgIpc) is 3.32. The van der Waals surface area contributed by atoms with Crippen molar-refractivity contribution in [1.29, 1.82) is 0 Å². The topological polar surface area (TPSA) is 68.1 Å². The van der Waals surface area contributed by atoms with Crippen LogP contribution in [-0.4, -0.2) is 20.8 Å². The molecular weight excluding hydrogens is 417 g/mol. The fourth-order valence-electron chi connectivity index (χ4n) is 3.68. The summed E-state index contributed by atoms with van der Waals surface area (Å²) in [6.07, 6.45) is -3.52. The summed E-state index contributed by atoms with van der Waals surface area (Å²) in [5.74, 6) is 0. The Labute approximate surface area is 177 Å². The number of thiophene rings is 1. The minimum absolute atomic E-state index is 0.175. The molecule has 0 unspecified atom stereocenters. The molecule has 2 N–H and O–H groups in total. The Morgan fingerprint density at radius 1 is 1.17 bits per heavy atom. The van der Waals surface area contributed by atoms with Crippen molar-refractivity contribution in [3.05, 3.63) is 31.3 Å². The minimum atomic E-state index is -4.39. The van der Waals surface area contributed by atoms with Crippen LogP contribution in [0.25, 0.3) is 10.2 Å². The van der Waals surface area contributed by atoms with Crippen molar-refractivity contribution in [1.82, 2.24) is 20.0 Å². The van der Waals surface area contributed by atoms with E-state index in [0.717, 1.165) is 9.44 Å². The van der Waals surface area contributed by atoms with Crippen LogP contribution < -0.4 is 22.1 Å². The van der Waals surface area contributed by atoms with Gasteiger partial charge in [0, 0.05) is 23.5 Å². The molecule has 0 saturated heterocycles. The van der Waals surface area contributed by atoms with Crippen LogP contribution in [0.1, 0.15) is 63.8 Å². The Morgan fingerprint density at radius 3 is 2.30 bits per heavy atom. The van der Waals surface area contributed by atoms with Gasteiger partial charge in [-0.05, 0) is 52.5 Å². The Balaban J connectivity index is 2.15. The molecule has 0 aromatic carbocycles. The van der Waals surface area contributed by atoms with Crippen LogP contribution in [0.4, 0.5) is 13.2 Å². The zero-order valence-corrected chi connectivity index (χ0v) is 18.8. The second kappa shape index (κ2) is 7.80. The molecule has 0 radical (unpaired) electrons. The molecule has 1 saturated carbocycles. The Bertz CT molecular complexity index is 1060. The van der Waals surface area contributed by atoms with Crippen LogP contribution in [-0.2, 0) is 18.6 Å². The number of nitrogens with one attached hydrogen (secondary N) is 2. The highest BCUT2D eigenvalue weighted by Gasteiger charge is 2.46. The molecule has 1 aliphatic rings. The quantitative estimate of drug-likeness (QED) is 0.636. The van der Waals surface area contributed by atoms with E-state index in [-0.39, 0.29) is 11.1 Å². The average molecular weight is 447 g/mol. The number of alkyl halides is 3. The molecule has 0 atom stereocenters. The zero-order chi connectivity index (χ0) is 22.5. The van der Waals surface area contributed by atoms with Crippen molar-refractivity contribution in [2.24, 2.45) is 0 Å². The van der Waals surface area contributed by atoms with E-state index in [1.807, 2.05) is 27.7 Å². The van der Waals surface area contributed by atoms with Crippen molar-refractivity contribution >= 4 is 21.6 Å². The van der Waals surface area contributed by atoms with E-state index >= 15 is 0 Å². The van der Waals surface area contributed by atoms with Crippen LogP contribution in [0.5, 0.6) is 0 Å². The van der Waals surface area contributed by atoms with Gasteiger partial charge in [0.25, 0.3) is 5.56 Å². The van der Waals surface area contributed by atoms with Gasteiger partial charge in [-0.1, -0.05) is 6.92 Å². The summed E-state index contributed by atoms with van der Waals surface area (Å²) >= 11 is 1.21. The molecule has 2 heterocycles. The predicted molar refractivity (Wildman–Crippen MR) is 113 cm³/mol. The second-order valence-corrected chi connectivity index (χ2v) is 10.2. The molecule has 1 fully saturated rings. The Hall–Kier alpha value is -1.65. The highest BCUT2D eigenvalue weighted by molar-refractivity contribution is 7.18. The van der Waals surface area contributed by atoms with Gasteiger partial charge in [0.15, 0.2) is 0 Å². The molecule has 2 aromatic heterocycles. The summed E-state index contributed by atoms with van der Waals surface area (Å²) in [4.78, 5) is 27.6. The Morgan fingerprint density at radius 2 is 1.80 bits per heavy atom. The molecule has 30 heavy (non-hydrogen) atoms. The molecule has 168 valence electrons. The summed E-state index contributed by atoms with van der Waals surface area (Å²) in [5, 5.41) is 0.356. The molecule has 10 heteroatoms. The lowest BCUT2D eigenvalue weighted by Gasteiger charge is -2.20. The van der Waals surface area contributed by atoms with Crippen LogP contribution in [0, 0.1) is 6.92 Å². The number of hydrazine groups is 1. The molecule has 0 spiro atoms. The normalized spacial score (nSPS) is 16.4. The summed E-state index contributed by atoms with van der Waals surface area (Å²) < 4.78 is 41.2. The van der Waals surface area contributed by atoms with Gasteiger partial charge in [0.2, 0.25) is 0 Å². The van der Waals surface area contributed by atoms with Gasteiger partial charge >= 0.3 is 11.9 Å². The molecule has 3 rings (SSSR count). The zero-order valence-electron chi connectivity index (χ0n) is 18.0. The molecule has 2 aromatic rings. The molecule has 0 aliphatic heterocycles. The van der Waals surface area contributed by atoms with Gasteiger partial charge in [-0.15, -0.1) is 11.3 Å². The lowest BCUT2D eigenvalue weighted by Crippen LogP contribution is -2.45. The lowest BCUT2D eigenvalue weighted by molar-refractivity contribution is -0.136. The third kappa shape index (κ3) is 4.50. The maximum absolute atomic E-state index is 13.3. The molecule has 6 nitrogen and oxygen atoms in total. The highest BCUT2D eigenvalue weighted by atomic mass is 32.1. The number of rotatable bonds is 7. The first kappa shape index (κ1) is 23.0. The van der Waals surface area contributed by atoms with Crippen LogP contribution >= 0.6 is 11.3 Å². The summed E-state index contributed by atoms with van der Waals surface area (Å²) in [6.45, 7) is 9.57. The first-order valence-electron chi connectivity index (χ1n) is 10.1.